The number of benzene rings is 1. The lowest BCUT2D eigenvalue weighted by Crippen LogP contribution is -1.98. The van der Waals surface area contributed by atoms with Crippen LogP contribution in [0.2, 0.25) is 5.02 Å². The molecule has 13 heavy (non-hydrogen) atoms. The molecular formula is C10H12ClNO. The number of anilines is 1. The highest BCUT2D eigenvalue weighted by Gasteiger charge is 2.05. The second kappa shape index (κ2) is 4.28. The predicted octanol–water partition coefficient (Wildman–Crippen LogP) is 2.97. The molecule has 1 rings (SSSR count). The van der Waals surface area contributed by atoms with Crippen LogP contribution >= 0.6 is 11.6 Å². The summed E-state index contributed by atoms with van der Waals surface area (Å²) in [7, 11) is 0. The summed E-state index contributed by atoms with van der Waals surface area (Å²) >= 11 is 5.90. The van der Waals surface area contributed by atoms with E-state index in [1.807, 2.05) is 13.0 Å². The number of carbonyl (C=O) groups is 1. The Kier molecular flexibility index (Phi) is 3.32. The molecule has 1 aromatic carbocycles. The number of hydrogen-bond donors (Lipinski definition) is 1. The molecule has 0 saturated carbocycles. The van der Waals surface area contributed by atoms with Gasteiger partial charge in [-0.25, -0.2) is 0 Å². The van der Waals surface area contributed by atoms with Gasteiger partial charge in [-0.1, -0.05) is 11.6 Å². The van der Waals surface area contributed by atoms with Crippen molar-refractivity contribution in [3.8, 4) is 0 Å². The van der Waals surface area contributed by atoms with Gasteiger partial charge in [0, 0.05) is 17.8 Å². The maximum absolute atomic E-state index is 11.0. The van der Waals surface area contributed by atoms with Crippen LogP contribution in [0.1, 0.15) is 24.2 Å². The first-order chi connectivity index (χ1) is 6.15. The van der Waals surface area contributed by atoms with E-state index in [1.165, 1.54) is 6.92 Å². The van der Waals surface area contributed by atoms with E-state index in [9.17, 15) is 4.79 Å². The van der Waals surface area contributed by atoms with E-state index < -0.39 is 0 Å². The van der Waals surface area contributed by atoms with Gasteiger partial charge in [0.1, 0.15) is 0 Å². The largest absolute Gasteiger partial charge is 0.385 e. The van der Waals surface area contributed by atoms with E-state index in [1.54, 1.807) is 12.1 Å². The third kappa shape index (κ3) is 2.46. The number of nitrogens with one attached hydrogen (secondary N) is 1. The summed E-state index contributed by atoms with van der Waals surface area (Å²) in [6, 6.07) is 5.36. The van der Waals surface area contributed by atoms with Crippen molar-refractivity contribution < 1.29 is 4.79 Å². The fourth-order valence-corrected chi connectivity index (χ4v) is 1.43. The van der Waals surface area contributed by atoms with Gasteiger partial charge in [0.05, 0.1) is 5.02 Å². The molecule has 0 radical (unpaired) electrons. The Balaban J connectivity index is 2.98. The Labute approximate surface area is 82.9 Å². The molecule has 1 N–H and O–H groups in total. The van der Waals surface area contributed by atoms with Crippen LogP contribution < -0.4 is 5.32 Å². The molecule has 3 heteroatoms. The van der Waals surface area contributed by atoms with Crippen molar-refractivity contribution in [1.82, 2.24) is 0 Å². The summed E-state index contributed by atoms with van der Waals surface area (Å²) in [5, 5.41) is 3.62. The van der Waals surface area contributed by atoms with E-state index in [0.29, 0.717) is 10.6 Å². The normalized spacial score (nSPS) is 9.77. The van der Waals surface area contributed by atoms with Gasteiger partial charge in [-0.2, -0.15) is 0 Å². The molecular weight excluding hydrogens is 186 g/mol. The lowest BCUT2D eigenvalue weighted by atomic mass is 10.1. The highest BCUT2D eigenvalue weighted by molar-refractivity contribution is 6.34. The number of ketones is 1. The van der Waals surface area contributed by atoms with E-state index in [0.717, 1.165) is 12.2 Å². The quantitative estimate of drug-likeness (QED) is 0.755. The molecule has 0 aliphatic carbocycles. The average molecular weight is 198 g/mol. The summed E-state index contributed by atoms with van der Waals surface area (Å²) in [6.07, 6.45) is 0. The molecule has 2 nitrogen and oxygen atoms in total. The predicted molar refractivity (Wildman–Crippen MR) is 55.6 cm³/mol. The summed E-state index contributed by atoms with van der Waals surface area (Å²) < 4.78 is 0. The van der Waals surface area contributed by atoms with Crippen LogP contribution in [0.5, 0.6) is 0 Å². The molecule has 70 valence electrons. The van der Waals surface area contributed by atoms with Crippen LogP contribution in [-0.2, 0) is 0 Å². The fourth-order valence-electron chi connectivity index (χ4n) is 1.11. The molecule has 0 fully saturated rings. The zero-order valence-corrected chi connectivity index (χ0v) is 8.48. The molecule has 0 saturated heterocycles. The van der Waals surface area contributed by atoms with Crippen molar-refractivity contribution in [2.45, 2.75) is 13.8 Å². The standard InChI is InChI=1S/C10H12ClNO/c1-3-12-8-4-5-9(7(2)13)10(11)6-8/h4-6,12H,3H2,1-2H3. The summed E-state index contributed by atoms with van der Waals surface area (Å²) in [4.78, 5) is 11.0. The second-order valence-electron chi connectivity index (χ2n) is 2.78. The summed E-state index contributed by atoms with van der Waals surface area (Å²) in [6.45, 7) is 4.36. The number of hydrogen-bond acceptors (Lipinski definition) is 2. The monoisotopic (exact) mass is 197 g/mol. The molecule has 0 atom stereocenters. The van der Waals surface area contributed by atoms with Gasteiger partial charge in [-0.3, -0.25) is 4.79 Å². The third-order valence-corrected chi connectivity index (χ3v) is 2.04. The number of Topliss-reactive ketones (excluding diaryl/α,β-unsaturated/α-hetero) is 1. The number of halogens is 1. The molecule has 0 aliphatic rings. The smallest absolute Gasteiger partial charge is 0.161 e. The molecule has 0 aromatic heterocycles. The summed E-state index contributed by atoms with van der Waals surface area (Å²) in [5.74, 6) is -0.00644. The highest BCUT2D eigenvalue weighted by atomic mass is 35.5. The number of rotatable bonds is 3. The van der Waals surface area contributed by atoms with Crippen LogP contribution in [0, 0.1) is 0 Å². The van der Waals surface area contributed by atoms with Crippen LogP contribution in [0.4, 0.5) is 5.69 Å². The Morgan fingerprint density at radius 3 is 2.69 bits per heavy atom. The average Bonchev–Trinajstić information content (AvgIpc) is 2.04. The minimum absolute atomic E-state index is 0.00644. The maximum Gasteiger partial charge on any atom is 0.161 e. The van der Waals surface area contributed by atoms with Crippen molar-refractivity contribution >= 4 is 23.1 Å². The first-order valence-electron chi connectivity index (χ1n) is 4.19. The van der Waals surface area contributed by atoms with Gasteiger partial charge in [0.25, 0.3) is 0 Å². The van der Waals surface area contributed by atoms with E-state index in [-0.39, 0.29) is 5.78 Å². The zero-order valence-electron chi connectivity index (χ0n) is 7.73. The van der Waals surface area contributed by atoms with Gasteiger partial charge >= 0.3 is 0 Å². The van der Waals surface area contributed by atoms with Crippen LogP contribution in [0.25, 0.3) is 0 Å². The van der Waals surface area contributed by atoms with Crippen LogP contribution in [0.15, 0.2) is 18.2 Å². The van der Waals surface area contributed by atoms with Crippen molar-refractivity contribution in [2.24, 2.45) is 0 Å². The van der Waals surface area contributed by atoms with Gasteiger partial charge in [0.15, 0.2) is 5.78 Å². The van der Waals surface area contributed by atoms with Crippen molar-refractivity contribution in [1.29, 1.82) is 0 Å². The van der Waals surface area contributed by atoms with Crippen LogP contribution in [-0.4, -0.2) is 12.3 Å². The van der Waals surface area contributed by atoms with Gasteiger partial charge < -0.3 is 5.32 Å². The highest BCUT2D eigenvalue weighted by Crippen LogP contribution is 2.21. The van der Waals surface area contributed by atoms with Crippen molar-refractivity contribution in [3.63, 3.8) is 0 Å². The first-order valence-corrected chi connectivity index (χ1v) is 4.57. The SMILES string of the molecule is CCNc1ccc(C(C)=O)c(Cl)c1. The maximum atomic E-state index is 11.0. The van der Waals surface area contributed by atoms with Gasteiger partial charge in [-0.15, -0.1) is 0 Å². The van der Waals surface area contributed by atoms with Crippen LogP contribution in [0.3, 0.4) is 0 Å². The molecule has 0 amide bonds. The molecule has 0 aliphatic heterocycles. The molecule has 1 aromatic rings. The zero-order chi connectivity index (χ0) is 9.84. The minimum Gasteiger partial charge on any atom is -0.385 e. The first kappa shape index (κ1) is 10.1. The fraction of sp³-hybridized carbons (Fsp3) is 0.300. The van der Waals surface area contributed by atoms with Crippen molar-refractivity contribution in [3.05, 3.63) is 28.8 Å². The van der Waals surface area contributed by atoms with E-state index in [2.05, 4.69) is 5.32 Å². The van der Waals surface area contributed by atoms with E-state index in [4.69, 9.17) is 11.6 Å². The van der Waals surface area contributed by atoms with Crippen molar-refractivity contribution in [2.75, 3.05) is 11.9 Å². The lowest BCUT2D eigenvalue weighted by Gasteiger charge is -2.05. The van der Waals surface area contributed by atoms with Gasteiger partial charge in [0.2, 0.25) is 0 Å². The summed E-state index contributed by atoms with van der Waals surface area (Å²) in [5.41, 5.74) is 1.51. The minimum atomic E-state index is -0.00644. The Morgan fingerprint density at radius 1 is 1.54 bits per heavy atom. The molecule has 0 spiro atoms. The topological polar surface area (TPSA) is 29.1 Å². The Hall–Kier alpha value is -1.02. The van der Waals surface area contributed by atoms with E-state index >= 15 is 0 Å². The second-order valence-corrected chi connectivity index (χ2v) is 3.19. The molecule has 0 bridgehead atoms. The molecule has 0 heterocycles. The Morgan fingerprint density at radius 2 is 2.23 bits per heavy atom. The lowest BCUT2D eigenvalue weighted by molar-refractivity contribution is 0.101. The Bertz CT molecular complexity index is 323. The molecule has 0 unspecified atom stereocenters. The third-order valence-electron chi connectivity index (χ3n) is 1.73. The van der Waals surface area contributed by atoms with Gasteiger partial charge in [-0.05, 0) is 32.0 Å². The number of carbonyl (C=O) groups excluding carboxylic acids is 1.